The molecule has 10 nitrogen and oxygen atoms in total. The Hall–Kier alpha value is -4.55. The lowest BCUT2D eigenvalue weighted by molar-refractivity contribution is 0.0951. The van der Waals surface area contributed by atoms with Crippen molar-refractivity contribution in [3.05, 3.63) is 110 Å². The summed E-state index contributed by atoms with van der Waals surface area (Å²) in [6.07, 6.45) is 3.11. The van der Waals surface area contributed by atoms with Gasteiger partial charge in [0.25, 0.3) is 5.91 Å². The molecular formula is C32H27Cl2F2N5O5. The van der Waals surface area contributed by atoms with E-state index in [-0.39, 0.29) is 59.3 Å². The van der Waals surface area contributed by atoms with Crippen LogP contribution >= 0.6 is 23.2 Å². The Morgan fingerprint density at radius 2 is 1.98 bits per heavy atom. The number of hydrogen-bond acceptors (Lipinski definition) is 9. The molecule has 2 fully saturated rings. The van der Waals surface area contributed by atoms with E-state index >= 15 is 0 Å². The summed E-state index contributed by atoms with van der Waals surface area (Å²) in [5.74, 6) is -0.823. The van der Waals surface area contributed by atoms with Crippen LogP contribution in [0.5, 0.6) is 5.75 Å². The number of benzene rings is 2. The number of ether oxygens (including phenoxy) is 1. The monoisotopic (exact) mass is 669 g/mol. The summed E-state index contributed by atoms with van der Waals surface area (Å²) in [6, 6.07) is 8.49. The Labute approximate surface area is 271 Å². The number of nitrogens with zero attached hydrogens (tertiary/aromatic N) is 4. The smallest absolute Gasteiger partial charge is 0.253 e. The molecule has 4 aromatic rings. The van der Waals surface area contributed by atoms with Gasteiger partial charge in [0.1, 0.15) is 35.4 Å². The quantitative estimate of drug-likeness (QED) is 0.125. The number of carbonyl (C=O) groups is 1. The lowest BCUT2D eigenvalue weighted by atomic mass is 9.83. The molecule has 2 aromatic heterocycles. The van der Waals surface area contributed by atoms with Gasteiger partial charge >= 0.3 is 0 Å². The van der Waals surface area contributed by atoms with E-state index in [1.165, 1.54) is 23.2 Å². The van der Waals surface area contributed by atoms with Gasteiger partial charge in [-0.1, -0.05) is 46.2 Å². The molecule has 1 saturated carbocycles. The maximum absolute atomic E-state index is 14.9. The van der Waals surface area contributed by atoms with Gasteiger partial charge < -0.3 is 24.6 Å². The van der Waals surface area contributed by atoms with Gasteiger partial charge in [0, 0.05) is 23.2 Å². The zero-order valence-corrected chi connectivity index (χ0v) is 26.0. The van der Waals surface area contributed by atoms with E-state index in [0.29, 0.717) is 39.5 Å². The van der Waals surface area contributed by atoms with Crippen LogP contribution in [0.3, 0.4) is 0 Å². The van der Waals surface area contributed by atoms with Crippen molar-refractivity contribution in [1.29, 1.82) is 0 Å². The van der Waals surface area contributed by atoms with E-state index in [2.05, 4.69) is 27.2 Å². The first-order valence-corrected chi connectivity index (χ1v) is 15.0. The van der Waals surface area contributed by atoms with Crippen molar-refractivity contribution < 1.29 is 27.9 Å². The first-order chi connectivity index (χ1) is 22.0. The zero-order valence-electron chi connectivity index (χ0n) is 24.4. The number of amides is 1. The normalized spacial score (nSPS) is 15.3. The van der Waals surface area contributed by atoms with Crippen molar-refractivity contribution in [1.82, 2.24) is 15.5 Å². The number of pyridine rings is 1. The van der Waals surface area contributed by atoms with Gasteiger partial charge in [0.15, 0.2) is 17.2 Å². The van der Waals surface area contributed by atoms with Gasteiger partial charge in [-0.2, -0.15) is 0 Å². The minimum Gasteiger partial charge on any atom is -0.511 e. The number of nitroso groups, excluding NO2 is 1. The fraction of sp³-hybridized carbons (Fsp3) is 0.281. The Morgan fingerprint density at radius 1 is 1.22 bits per heavy atom. The second-order valence-corrected chi connectivity index (χ2v) is 12.2. The Balaban J connectivity index is 1.17. The summed E-state index contributed by atoms with van der Waals surface area (Å²) < 4.78 is 40.6. The molecule has 6 rings (SSSR count). The predicted octanol–water partition coefficient (Wildman–Crippen LogP) is 7.37. The Bertz CT molecular complexity index is 1850. The number of hydrogen-bond donors (Lipinski definition) is 2. The van der Waals surface area contributed by atoms with E-state index in [4.69, 9.17) is 37.6 Å². The number of nitrogens with one attached hydrogen (secondary N) is 1. The van der Waals surface area contributed by atoms with E-state index < -0.39 is 23.1 Å². The topological polar surface area (TPSA) is 130 Å². The van der Waals surface area contributed by atoms with Crippen LogP contribution in [-0.2, 0) is 12.1 Å². The average Bonchev–Trinajstić information content (AvgIpc) is 3.75. The van der Waals surface area contributed by atoms with Gasteiger partial charge in [-0.05, 0) is 55.7 Å². The molecule has 1 saturated heterocycles. The molecule has 238 valence electrons. The summed E-state index contributed by atoms with van der Waals surface area (Å²) in [6.45, 7) is 4.92. The second kappa shape index (κ2) is 12.3. The minimum atomic E-state index is -1.26. The number of rotatable bonds is 11. The summed E-state index contributed by atoms with van der Waals surface area (Å²) >= 11 is 13.0. The number of aromatic nitrogens is 2. The molecule has 0 radical (unpaired) electrons. The van der Waals surface area contributed by atoms with Crippen LogP contribution in [-0.4, -0.2) is 40.8 Å². The van der Waals surface area contributed by atoms with Crippen molar-refractivity contribution >= 4 is 34.9 Å². The van der Waals surface area contributed by atoms with Crippen LogP contribution in [0.25, 0.3) is 11.3 Å². The SMILES string of the molecule is C=C(O)CNC(=O)c1cnc(N2CC(N=O)(c3ccc(OCc4c(-c5c(C)cc(F)cc5Cl)noc4C4CC4)cc3Cl)C2)c(F)c1. The summed E-state index contributed by atoms with van der Waals surface area (Å²) in [7, 11) is 0. The molecule has 0 bridgehead atoms. The standard InChI is InChI=1S/C32H27Cl2F2N5O5/c1-16-7-20(35)9-25(34)27(16)28-22(29(46-39-28)18-3-4-18)13-45-21-5-6-23(24(33)10-21)32(40-44)14-41(15-32)30-26(36)8-19(12-37-30)31(43)38-11-17(2)42/h5-10,12,18,42H,2-4,11,13-15H2,1H3,(H,38,43). The largest absolute Gasteiger partial charge is 0.511 e. The molecule has 2 aliphatic rings. The summed E-state index contributed by atoms with van der Waals surface area (Å²) in [4.78, 5) is 29.8. The lowest BCUT2D eigenvalue weighted by Crippen LogP contribution is -2.59. The first-order valence-electron chi connectivity index (χ1n) is 14.3. The van der Waals surface area contributed by atoms with Crippen molar-refractivity contribution in [3.63, 3.8) is 0 Å². The molecule has 0 spiro atoms. The highest BCUT2D eigenvalue weighted by atomic mass is 35.5. The van der Waals surface area contributed by atoms with E-state index in [0.717, 1.165) is 18.9 Å². The highest BCUT2D eigenvalue weighted by Gasteiger charge is 2.49. The third-order valence-corrected chi connectivity index (χ3v) is 8.61. The number of halogens is 4. The van der Waals surface area contributed by atoms with E-state index in [1.54, 1.807) is 25.1 Å². The maximum atomic E-state index is 14.9. The third kappa shape index (κ3) is 6.02. The first kappa shape index (κ1) is 31.4. The van der Waals surface area contributed by atoms with Gasteiger partial charge in [-0.15, -0.1) is 4.91 Å². The Kier molecular flexibility index (Phi) is 8.43. The number of anilines is 1. The maximum Gasteiger partial charge on any atom is 0.253 e. The minimum absolute atomic E-state index is 0.00278. The van der Waals surface area contributed by atoms with Crippen molar-refractivity contribution in [3.8, 4) is 17.0 Å². The lowest BCUT2D eigenvalue weighted by Gasteiger charge is -2.46. The van der Waals surface area contributed by atoms with Crippen LogP contribution in [0.15, 0.2) is 64.6 Å². The van der Waals surface area contributed by atoms with Crippen LogP contribution in [0.2, 0.25) is 10.0 Å². The number of aliphatic hydroxyl groups excluding tert-OH is 1. The highest BCUT2D eigenvalue weighted by Crippen LogP contribution is 2.46. The molecule has 2 N–H and O–H groups in total. The number of carbonyl (C=O) groups excluding carboxylic acids is 1. The van der Waals surface area contributed by atoms with Crippen LogP contribution < -0.4 is 15.0 Å². The molecule has 2 aromatic carbocycles. The van der Waals surface area contributed by atoms with E-state index in [1.807, 2.05) is 0 Å². The fourth-order valence-electron chi connectivity index (χ4n) is 5.53. The van der Waals surface area contributed by atoms with Gasteiger partial charge in [-0.3, -0.25) is 4.79 Å². The molecule has 0 unspecified atom stereocenters. The molecule has 0 atom stereocenters. The predicted molar refractivity (Wildman–Crippen MR) is 167 cm³/mol. The molecule has 14 heteroatoms. The van der Waals surface area contributed by atoms with Crippen LogP contribution in [0.1, 0.15) is 51.6 Å². The van der Waals surface area contributed by atoms with Crippen LogP contribution in [0.4, 0.5) is 14.6 Å². The highest BCUT2D eigenvalue weighted by molar-refractivity contribution is 6.33. The Morgan fingerprint density at radius 3 is 2.61 bits per heavy atom. The second-order valence-electron chi connectivity index (χ2n) is 11.4. The van der Waals surface area contributed by atoms with Gasteiger partial charge in [-0.25, -0.2) is 13.8 Å². The summed E-state index contributed by atoms with van der Waals surface area (Å²) in [5, 5.41) is 19.6. The van der Waals surface area contributed by atoms with Gasteiger partial charge in [0.05, 0.1) is 40.8 Å². The molecular weight excluding hydrogens is 643 g/mol. The molecule has 46 heavy (non-hydrogen) atoms. The fourth-order valence-corrected chi connectivity index (χ4v) is 6.22. The van der Waals surface area contributed by atoms with Crippen molar-refractivity contribution in [2.24, 2.45) is 5.18 Å². The van der Waals surface area contributed by atoms with Gasteiger partial charge in [0.2, 0.25) is 0 Å². The zero-order chi connectivity index (χ0) is 32.7. The van der Waals surface area contributed by atoms with Crippen molar-refractivity contribution in [2.45, 2.75) is 37.8 Å². The van der Waals surface area contributed by atoms with Crippen LogP contribution in [0, 0.1) is 23.5 Å². The molecule has 3 heterocycles. The number of aliphatic hydroxyl groups is 1. The molecule has 1 aliphatic heterocycles. The molecule has 1 aliphatic carbocycles. The van der Waals surface area contributed by atoms with E-state index in [9.17, 15) is 18.5 Å². The average molecular weight is 670 g/mol. The summed E-state index contributed by atoms with van der Waals surface area (Å²) in [5.41, 5.74) is 1.49. The molecule has 1 amide bonds. The third-order valence-electron chi connectivity index (χ3n) is 8.00. The number of aryl methyl sites for hydroxylation is 1. The van der Waals surface area contributed by atoms with Crippen molar-refractivity contribution in [2.75, 3.05) is 24.5 Å².